The molecule has 1 fully saturated rings. The van der Waals surface area contributed by atoms with Gasteiger partial charge in [-0.25, -0.2) is 13.1 Å². The van der Waals surface area contributed by atoms with Crippen LogP contribution in [0.2, 0.25) is 0 Å². The van der Waals surface area contributed by atoms with Crippen LogP contribution in [-0.2, 0) is 43.7 Å². The standard InChI is InChI=1S/C33H42N4O5S/c1-2-35-43(40,41)30-16-13-27(14-17-30)15-18-32(38)37(26-29-11-7-4-8-12-29)31(25-28-9-5-3-6-10-28)33(39)34-19-20-36-21-23-42-24-22-36/h3-14,16-17,31,35H,2,15,18-26H2,1H3,(H,34,39). The molecule has 0 spiro atoms. The highest BCUT2D eigenvalue weighted by Crippen LogP contribution is 2.18. The summed E-state index contributed by atoms with van der Waals surface area (Å²) < 4.78 is 32.5. The van der Waals surface area contributed by atoms with Crippen LogP contribution in [0.4, 0.5) is 0 Å². The van der Waals surface area contributed by atoms with Crippen molar-refractivity contribution in [2.24, 2.45) is 0 Å². The number of aryl methyl sites for hydroxylation is 1. The second kappa shape index (κ2) is 16.3. The van der Waals surface area contributed by atoms with Crippen LogP contribution in [0, 0.1) is 0 Å². The fourth-order valence-corrected chi connectivity index (χ4v) is 6.16. The van der Waals surface area contributed by atoms with Crippen LogP contribution in [0.3, 0.4) is 0 Å². The minimum absolute atomic E-state index is 0.141. The average molecular weight is 607 g/mol. The number of hydrogen-bond acceptors (Lipinski definition) is 6. The number of rotatable bonds is 15. The van der Waals surface area contributed by atoms with Crippen LogP contribution >= 0.6 is 0 Å². The molecule has 1 aliphatic rings. The van der Waals surface area contributed by atoms with E-state index >= 15 is 0 Å². The van der Waals surface area contributed by atoms with Gasteiger partial charge in [-0.3, -0.25) is 14.5 Å². The zero-order valence-corrected chi connectivity index (χ0v) is 25.6. The molecule has 0 aromatic heterocycles. The highest BCUT2D eigenvalue weighted by Gasteiger charge is 2.30. The van der Waals surface area contributed by atoms with Gasteiger partial charge < -0.3 is 15.0 Å². The molecule has 1 aliphatic heterocycles. The summed E-state index contributed by atoms with van der Waals surface area (Å²) in [7, 11) is -3.55. The molecule has 9 nitrogen and oxygen atoms in total. The molecule has 1 atom stereocenters. The summed E-state index contributed by atoms with van der Waals surface area (Å²) >= 11 is 0. The summed E-state index contributed by atoms with van der Waals surface area (Å²) in [6.07, 6.45) is 0.987. The molecular weight excluding hydrogens is 564 g/mol. The topological polar surface area (TPSA) is 108 Å². The van der Waals surface area contributed by atoms with Gasteiger partial charge in [-0.15, -0.1) is 0 Å². The number of carbonyl (C=O) groups excluding carboxylic acids is 2. The summed E-state index contributed by atoms with van der Waals surface area (Å²) in [5.74, 6) is -0.322. The number of amides is 2. The van der Waals surface area contributed by atoms with Crippen molar-refractivity contribution in [2.45, 2.75) is 43.7 Å². The Kier molecular flexibility index (Phi) is 12.3. The average Bonchev–Trinajstić information content (AvgIpc) is 3.03. The van der Waals surface area contributed by atoms with Gasteiger partial charge in [0.05, 0.1) is 18.1 Å². The first-order valence-electron chi connectivity index (χ1n) is 14.9. The molecule has 10 heteroatoms. The number of nitrogens with one attached hydrogen (secondary N) is 2. The first kappa shape index (κ1) is 32.3. The Hall–Kier alpha value is -3.57. The van der Waals surface area contributed by atoms with Crippen LogP contribution in [-0.4, -0.2) is 82.0 Å². The highest BCUT2D eigenvalue weighted by atomic mass is 32.2. The maximum atomic E-state index is 13.9. The summed E-state index contributed by atoms with van der Waals surface area (Å²) in [5.41, 5.74) is 2.75. The smallest absolute Gasteiger partial charge is 0.243 e. The Morgan fingerprint density at radius 2 is 1.51 bits per heavy atom. The second-order valence-electron chi connectivity index (χ2n) is 10.6. The van der Waals surface area contributed by atoms with E-state index in [1.54, 1.807) is 36.1 Å². The molecule has 4 rings (SSSR count). The monoisotopic (exact) mass is 606 g/mol. The molecule has 1 saturated heterocycles. The van der Waals surface area contributed by atoms with Crippen LogP contribution in [0.1, 0.15) is 30.0 Å². The van der Waals surface area contributed by atoms with Crippen molar-refractivity contribution in [1.82, 2.24) is 19.8 Å². The lowest BCUT2D eigenvalue weighted by Gasteiger charge is -2.32. The molecule has 3 aromatic carbocycles. The molecule has 3 aromatic rings. The van der Waals surface area contributed by atoms with Crippen molar-refractivity contribution in [2.75, 3.05) is 45.9 Å². The summed E-state index contributed by atoms with van der Waals surface area (Å²) in [5, 5.41) is 3.10. The van der Waals surface area contributed by atoms with E-state index in [0.717, 1.165) is 36.3 Å². The first-order valence-corrected chi connectivity index (χ1v) is 16.4. The van der Waals surface area contributed by atoms with Crippen molar-refractivity contribution in [3.8, 4) is 0 Å². The predicted octanol–water partition coefficient (Wildman–Crippen LogP) is 3.01. The third kappa shape index (κ3) is 10.00. The number of benzene rings is 3. The van der Waals surface area contributed by atoms with Gasteiger partial charge in [0.15, 0.2) is 0 Å². The molecule has 1 heterocycles. The molecule has 1 unspecified atom stereocenters. The molecule has 2 amide bonds. The molecule has 0 aliphatic carbocycles. The Bertz CT molecular complexity index is 1400. The fraction of sp³-hybridized carbons (Fsp3) is 0.394. The van der Waals surface area contributed by atoms with E-state index in [1.807, 2.05) is 60.7 Å². The van der Waals surface area contributed by atoms with Gasteiger partial charge in [0.1, 0.15) is 6.04 Å². The van der Waals surface area contributed by atoms with Crippen molar-refractivity contribution in [1.29, 1.82) is 0 Å². The van der Waals surface area contributed by atoms with E-state index in [0.29, 0.717) is 45.7 Å². The van der Waals surface area contributed by atoms with Gasteiger partial charge in [0, 0.05) is 52.1 Å². The third-order valence-corrected chi connectivity index (χ3v) is 9.05. The van der Waals surface area contributed by atoms with E-state index in [4.69, 9.17) is 4.74 Å². The van der Waals surface area contributed by atoms with Gasteiger partial charge in [-0.1, -0.05) is 79.7 Å². The van der Waals surface area contributed by atoms with Crippen LogP contribution in [0.5, 0.6) is 0 Å². The van der Waals surface area contributed by atoms with Crippen molar-refractivity contribution < 1.29 is 22.7 Å². The number of hydrogen-bond donors (Lipinski definition) is 2. The number of nitrogens with zero attached hydrogens (tertiary/aromatic N) is 2. The normalized spacial score (nSPS) is 14.6. The van der Waals surface area contributed by atoms with Gasteiger partial charge in [0.25, 0.3) is 0 Å². The summed E-state index contributed by atoms with van der Waals surface area (Å²) in [4.78, 5) is 31.8. The second-order valence-corrected chi connectivity index (χ2v) is 12.4. The zero-order valence-electron chi connectivity index (χ0n) is 24.8. The van der Waals surface area contributed by atoms with Gasteiger partial charge >= 0.3 is 0 Å². The van der Waals surface area contributed by atoms with Crippen LogP contribution < -0.4 is 10.0 Å². The van der Waals surface area contributed by atoms with E-state index in [1.165, 1.54) is 0 Å². The van der Waals surface area contributed by atoms with E-state index in [9.17, 15) is 18.0 Å². The number of carbonyl (C=O) groups is 2. The molecule has 0 radical (unpaired) electrons. The molecule has 0 bridgehead atoms. The molecule has 2 N–H and O–H groups in total. The van der Waals surface area contributed by atoms with Crippen LogP contribution in [0.15, 0.2) is 89.8 Å². The SMILES string of the molecule is CCNS(=O)(=O)c1ccc(CCC(=O)N(Cc2ccccc2)C(Cc2ccccc2)C(=O)NCCN2CCOCC2)cc1. The van der Waals surface area contributed by atoms with Gasteiger partial charge in [-0.05, 0) is 35.2 Å². The minimum atomic E-state index is -3.55. The minimum Gasteiger partial charge on any atom is -0.379 e. The Morgan fingerprint density at radius 3 is 2.14 bits per heavy atom. The maximum Gasteiger partial charge on any atom is 0.243 e. The molecule has 0 saturated carbocycles. The molecule has 230 valence electrons. The largest absolute Gasteiger partial charge is 0.379 e. The Morgan fingerprint density at radius 1 is 0.884 bits per heavy atom. The van der Waals surface area contributed by atoms with Gasteiger partial charge in [-0.2, -0.15) is 0 Å². The van der Waals surface area contributed by atoms with E-state index < -0.39 is 16.1 Å². The first-order chi connectivity index (χ1) is 20.9. The zero-order chi connectivity index (χ0) is 30.5. The van der Waals surface area contributed by atoms with Crippen LogP contribution in [0.25, 0.3) is 0 Å². The van der Waals surface area contributed by atoms with Crippen molar-refractivity contribution in [3.05, 3.63) is 102 Å². The Balaban J connectivity index is 1.51. The Labute approximate surface area is 255 Å². The summed E-state index contributed by atoms with van der Waals surface area (Å²) in [6.45, 7) is 6.60. The third-order valence-electron chi connectivity index (χ3n) is 7.49. The van der Waals surface area contributed by atoms with E-state index in [2.05, 4.69) is 14.9 Å². The lowest BCUT2D eigenvalue weighted by molar-refractivity contribution is -0.141. The number of sulfonamides is 1. The number of morpholine rings is 1. The van der Waals surface area contributed by atoms with Gasteiger partial charge in [0.2, 0.25) is 21.8 Å². The fourth-order valence-electron chi connectivity index (χ4n) is 5.12. The van der Waals surface area contributed by atoms with Crippen molar-refractivity contribution in [3.63, 3.8) is 0 Å². The lowest BCUT2D eigenvalue weighted by atomic mass is 10.0. The highest BCUT2D eigenvalue weighted by molar-refractivity contribution is 7.89. The molecule has 43 heavy (non-hydrogen) atoms. The van der Waals surface area contributed by atoms with E-state index in [-0.39, 0.29) is 23.1 Å². The maximum absolute atomic E-state index is 13.9. The summed E-state index contributed by atoms with van der Waals surface area (Å²) in [6, 6.07) is 25.3. The molecular formula is C33H42N4O5S. The lowest BCUT2D eigenvalue weighted by Crippen LogP contribution is -2.52. The number of ether oxygens (including phenoxy) is 1. The quantitative estimate of drug-likeness (QED) is 0.276. The predicted molar refractivity (Wildman–Crippen MR) is 167 cm³/mol. The van der Waals surface area contributed by atoms with Crippen molar-refractivity contribution >= 4 is 21.8 Å².